The summed E-state index contributed by atoms with van der Waals surface area (Å²) in [7, 11) is 1.58. The fraction of sp³-hybridized carbons (Fsp3) is 0.294. The van der Waals surface area contributed by atoms with Crippen molar-refractivity contribution in [3.05, 3.63) is 41.6 Å². The Bertz CT molecular complexity index is 752. The number of aldehydes is 1. The summed E-state index contributed by atoms with van der Waals surface area (Å²) >= 11 is 1.32. The van der Waals surface area contributed by atoms with E-state index in [0.29, 0.717) is 23.0 Å². The van der Waals surface area contributed by atoms with E-state index >= 15 is 0 Å². The van der Waals surface area contributed by atoms with Crippen LogP contribution in [0.25, 0.3) is 0 Å². The Morgan fingerprint density at radius 2 is 2.08 bits per heavy atom. The number of aromatic nitrogens is 2. The van der Waals surface area contributed by atoms with Gasteiger partial charge in [0.15, 0.2) is 11.4 Å². The molecular formula is C17H19N3O4S. The van der Waals surface area contributed by atoms with Gasteiger partial charge in [-0.3, -0.25) is 4.79 Å². The maximum atomic E-state index is 11.6. The molecule has 0 aliphatic rings. The first-order valence-electron chi connectivity index (χ1n) is 7.48. The number of rotatable bonds is 8. The Labute approximate surface area is 150 Å². The minimum absolute atomic E-state index is 0.249. The highest BCUT2D eigenvalue weighted by Gasteiger charge is 2.25. The SMILES string of the molecule is COc1ccc(CN(c2nc(SC)ncc2C=O)C(C)C(=O)O)cc1. The number of thioether (sulfide) groups is 1. The number of nitrogens with zero attached hydrogens (tertiary/aromatic N) is 3. The summed E-state index contributed by atoms with van der Waals surface area (Å²) in [4.78, 5) is 33.0. The predicted molar refractivity (Wildman–Crippen MR) is 95.5 cm³/mol. The van der Waals surface area contributed by atoms with Crippen molar-refractivity contribution in [2.45, 2.75) is 24.7 Å². The zero-order chi connectivity index (χ0) is 18.4. The van der Waals surface area contributed by atoms with E-state index in [2.05, 4.69) is 9.97 Å². The molecule has 1 N–H and O–H groups in total. The zero-order valence-electron chi connectivity index (χ0n) is 14.2. The van der Waals surface area contributed by atoms with Gasteiger partial charge < -0.3 is 14.7 Å². The van der Waals surface area contributed by atoms with Gasteiger partial charge in [-0.15, -0.1) is 0 Å². The molecule has 0 saturated heterocycles. The summed E-state index contributed by atoms with van der Waals surface area (Å²) in [6.45, 7) is 1.84. The van der Waals surface area contributed by atoms with Crippen LogP contribution in [0.4, 0.5) is 5.82 Å². The van der Waals surface area contributed by atoms with Crippen LogP contribution in [-0.4, -0.2) is 46.7 Å². The number of ether oxygens (including phenoxy) is 1. The summed E-state index contributed by atoms with van der Waals surface area (Å²) in [5.74, 6) is 0.0108. The molecule has 0 amide bonds. The summed E-state index contributed by atoms with van der Waals surface area (Å²) in [6.07, 6.45) is 3.86. The topological polar surface area (TPSA) is 92.6 Å². The fourth-order valence-corrected chi connectivity index (χ4v) is 2.57. The van der Waals surface area contributed by atoms with Crippen molar-refractivity contribution in [3.63, 3.8) is 0 Å². The lowest BCUT2D eigenvalue weighted by Crippen LogP contribution is -2.39. The standard InChI is InChI=1S/C17H19N3O4S/c1-11(16(22)23)20(9-12-4-6-14(24-2)7-5-12)15-13(10-21)8-18-17(19-15)25-3/h4-8,10-11H,9H2,1-3H3,(H,22,23). The molecule has 1 aromatic carbocycles. The molecule has 1 atom stereocenters. The molecule has 0 fully saturated rings. The van der Waals surface area contributed by atoms with Crippen molar-refractivity contribution in [1.82, 2.24) is 9.97 Å². The third-order valence-corrected chi connectivity index (χ3v) is 4.25. The Morgan fingerprint density at radius 1 is 1.40 bits per heavy atom. The molecule has 0 saturated carbocycles. The van der Waals surface area contributed by atoms with Crippen molar-refractivity contribution in [1.29, 1.82) is 0 Å². The van der Waals surface area contributed by atoms with Crippen LogP contribution in [0.15, 0.2) is 35.6 Å². The van der Waals surface area contributed by atoms with E-state index in [9.17, 15) is 14.7 Å². The van der Waals surface area contributed by atoms with Crippen molar-refractivity contribution in [3.8, 4) is 5.75 Å². The average molecular weight is 361 g/mol. The minimum Gasteiger partial charge on any atom is -0.497 e. The normalized spacial score (nSPS) is 11.6. The second-order valence-corrected chi connectivity index (χ2v) is 6.02. The molecular weight excluding hydrogens is 342 g/mol. The summed E-state index contributed by atoms with van der Waals surface area (Å²) in [6, 6.07) is 6.42. The highest BCUT2D eigenvalue weighted by Crippen LogP contribution is 2.24. The van der Waals surface area contributed by atoms with Crippen LogP contribution < -0.4 is 9.64 Å². The lowest BCUT2D eigenvalue weighted by atomic mass is 10.1. The van der Waals surface area contributed by atoms with E-state index in [0.717, 1.165) is 5.56 Å². The number of carboxylic acids is 1. The number of hydrogen-bond acceptors (Lipinski definition) is 7. The molecule has 0 spiro atoms. The molecule has 8 heteroatoms. The van der Waals surface area contributed by atoms with Crippen LogP contribution in [0.3, 0.4) is 0 Å². The predicted octanol–water partition coefficient (Wildman–Crippen LogP) is 2.50. The number of aliphatic carboxylic acids is 1. The van der Waals surface area contributed by atoms with Crippen molar-refractivity contribution in [2.75, 3.05) is 18.3 Å². The van der Waals surface area contributed by atoms with E-state index < -0.39 is 12.0 Å². The Morgan fingerprint density at radius 3 is 2.60 bits per heavy atom. The molecule has 132 valence electrons. The van der Waals surface area contributed by atoms with Gasteiger partial charge in [-0.05, 0) is 30.9 Å². The van der Waals surface area contributed by atoms with E-state index in [1.54, 1.807) is 31.1 Å². The fourth-order valence-electron chi connectivity index (χ4n) is 2.23. The molecule has 0 radical (unpaired) electrons. The first-order valence-corrected chi connectivity index (χ1v) is 8.71. The number of carboxylic acid groups (broad SMARTS) is 1. The van der Waals surface area contributed by atoms with Gasteiger partial charge in [0, 0.05) is 12.7 Å². The largest absolute Gasteiger partial charge is 0.497 e. The lowest BCUT2D eigenvalue weighted by Gasteiger charge is -2.28. The second kappa shape index (κ2) is 8.48. The van der Waals surface area contributed by atoms with E-state index in [-0.39, 0.29) is 12.1 Å². The van der Waals surface area contributed by atoms with Gasteiger partial charge in [-0.2, -0.15) is 0 Å². The number of methoxy groups -OCH3 is 1. The first-order chi connectivity index (χ1) is 12.0. The third-order valence-electron chi connectivity index (χ3n) is 3.69. The summed E-state index contributed by atoms with van der Waals surface area (Å²) in [5, 5.41) is 9.94. The highest BCUT2D eigenvalue weighted by molar-refractivity contribution is 7.98. The third kappa shape index (κ3) is 4.48. The Balaban J connectivity index is 2.45. The van der Waals surface area contributed by atoms with Gasteiger partial charge >= 0.3 is 5.97 Å². The molecule has 2 aromatic rings. The van der Waals surface area contributed by atoms with Crippen LogP contribution in [0.1, 0.15) is 22.8 Å². The zero-order valence-corrected chi connectivity index (χ0v) is 15.0. The van der Waals surface area contributed by atoms with Crippen LogP contribution in [0.5, 0.6) is 5.75 Å². The van der Waals surface area contributed by atoms with E-state index in [1.165, 1.54) is 18.0 Å². The lowest BCUT2D eigenvalue weighted by molar-refractivity contribution is -0.138. The summed E-state index contributed by atoms with van der Waals surface area (Å²) in [5.41, 5.74) is 1.12. The van der Waals surface area contributed by atoms with Crippen LogP contribution >= 0.6 is 11.8 Å². The van der Waals surface area contributed by atoms with Gasteiger partial charge in [0.2, 0.25) is 0 Å². The average Bonchev–Trinajstić information content (AvgIpc) is 2.65. The van der Waals surface area contributed by atoms with E-state index in [1.807, 2.05) is 18.4 Å². The van der Waals surface area contributed by atoms with Crippen LogP contribution in [0.2, 0.25) is 0 Å². The molecule has 25 heavy (non-hydrogen) atoms. The molecule has 0 bridgehead atoms. The molecule has 0 aliphatic carbocycles. The van der Waals surface area contributed by atoms with Gasteiger partial charge in [-0.1, -0.05) is 23.9 Å². The van der Waals surface area contributed by atoms with Gasteiger partial charge in [-0.25, -0.2) is 14.8 Å². The Hall–Kier alpha value is -2.61. The van der Waals surface area contributed by atoms with E-state index in [4.69, 9.17) is 4.74 Å². The first kappa shape index (κ1) is 18.7. The molecule has 1 heterocycles. The molecule has 0 aliphatic heterocycles. The molecule has 1 aromatic heterocycles. The smallest absolute Gasteiger partial charge is 0.326 e. The quantitative estimate of drug-likeness (QED) is 0.435. The van der Waals surface area contributed by atoms with Gasteiger partial charge in [0.25, 0.3) is 0 Å². The molecule has 7 nitrogen and oxygen atoms in total. The van der Waals surface area contributed by atoms with Crippen LogP contribution in [0, 0.1) is 0 Å². The number of hydrogen-bond donors (Lipinski definition) is 1. The maximum Gasteiger partial charge on any atom is 0.326 e. The molecule has 1 unspecified atom stereocenters. The van der Waals surface area contributed by atoms with Crippen molar-refractivity contribution in [2.24, 2.45) is 0 Å². The molecule has 2 rings (SSSR count). The Kier molecular flexibility index (Phi) is 6.35. The number of anilines is 1. The van der Waals surface area contributed by atoms with Crippen molar-refractivity contribution < 1.29 is 19.4 Å². The van der Waals surface area contributed by atoms with Crippen LogP contribution in [-0.2, 0) is 11.3 Å². The van der Waals surface area contributed by atoms with Crippen molar-refractivity contribution >= 4 is 29.8 Å². The number of carbonyl (C=O) groups is 2. The number of benzene rings is 1. The monoisotopic (exact) mass is 361 g/mol. The summed E-state index contributed by atoms with van der Waals surface area (Å²) < 4.78 is 5.13. The minimum atomic E-state index is -1.00. The second-order valence-electron chi connectivity index (χ2n) is 5.24. The number of carbonyl (C=O) groups excluding carboxylic acids is 1. The highest BCUT2D eigenvalue weighted by atomic mass is 32.2. The van der Waals surface area contributed by atoms with Gasteiger partial charge in [0.05, 0.1) is 12.7 Å². The van der Waals surface area contributed by atoms with Gasteiger partial charge in [0.1, 0.15) is 17.6 Å². The maximum absolute atomic E-state index is 11.6.